The van der Waals surface area contributed by atoms with E-state index in [0.717, 1.165) is 34.6 Å². The normalized spacial score (nSPS) is 46.9. The summed E-state index contributed by atoms with van der Waals surface area (Å²) in [5, 5.41) is 309. The Kier molecular flexibility index (Phi) is 36.4. The van der Waals surface area contributed by atoms with Gasteiger partial charge in [-0.05, 0) is 0 Å². The van der Waals surface area contributed by atoms with Crippen LogP contribution in [0.2, 0.25) is 0 Å². The molecule has 61 heteroatoms. The Bertz CT molecular complexity index is 3890. The number of carbonyl (C=O) groups excluding carboxylic acids is 5. The molecule has 10 saturated heterocycles. The number of hydrogen-bond acceptors (Lipinski definition) is 51. The predicted molar refractivity (Wildman–Crippen MR) is 390 cm³/mol. The quantitative estimate of drug-likeness (QED) is 0.0290. The van der Waals surface area contributed by atoms with Gasteiger partial charge in [-0.1, -0.05) is 0 Å². The summed E-state index contributed by atoms with van der Waals surface area (Å²) in [6, 6.07) is -10.3. The third-order valence-corrected chi connectivity index (χ3v) is 22.7. The predicted octanol–water partition coefficient (Wildman–Crippen LogP) is -21.6. The van der Waals surface area contributed by atoms with E-state index in [1.165, 1.54) is 0 Å². The Balaban J connectivity index is 0.849. The Labute approximate surface area is 734 Å². The number of amides is 5. The summed E-state index contributed by atoms with van der Waals surface area (Å²) in [4.78, 5) is 129. The van der Waals surface area contributed by atoms with Crippen LogP contribution in [-0.4, -0.2) is 537 Å². The van der Waals surface area contributed by atoms with Crippen molar-refractivity contribution in [3.8, 4) is 0 Å². The first-order valence-corrected chi connectivity index (χ1v) is 40.1. The van der Waals surface area contributed by atoms with Crippen LogP contribution in [0.25, 0.3) is 0 Å². The maximum absolute atomic E-state index is 13.4. The lowest BCUT2D eigenvalue weighted by Gasteiger charge is -2.51. The Morgan fingerprint density at radius 3 is 0.580 bits per heavy atom. The molecular weight excluding hydrogens is 1810 g/mol. The third kappa shape index (κ3) is 23.2. The molecule has 10 aliphatic heterocycles. The lowest BCUT2D eigenvalue weighted by molar-refractivity contribution is -0.382. The summed E-state index contributed by atoms with van der Waals surface area (Å²) < 4.78 is 108. The van der Waals surface area contributed by atoms with Crippen LogP contribution in [-0.2, 0) is 138 Å². The van der Waals surface area contributed by atoms with Crippen molar-refractivity contribution in [2.24, 2.45) is 0 Å². The van der Waals surface area contributed by atoms with Crippen molar-refractivity contribution >= 4 is 59.4 Å². The van der Waals surface area contributed by atoms with Gasteiger partial charge < -0.3 is 254 Å². The third-order valence-electron chi connectivity index (χ3n) is 22.7. The van der Waals surface area contributed by atoms with Crippen molar-refractivity contribution in [2.75, 3.05) is 33.0 Å². The van der Waals surface area contributed by atoms with Crippen LogP contribution in [0, 0.1) is 0 Å². The van der Waals surface area contributed by atoms with Gasteiger partial charge in [-0.15, -0.1) is 0 Å². The van der Waals surface area contributed by atoms with Gasteiger partial charge in [0.1, 0.15) is 213 Å². The fourth-order valence-electron chi connectivity index (χ4n) is 16.3. The van der Waals surface area contributed by atoms with Crippen LogP contribution in [0.4, 0.5) is 0 Å². The second kappa shape index (κ2) is 44.9. The Morgan fingerprint density at radius 1 is 0.206 bits per heavy atom. The highest BCUT2D eigenvalue weighted by atomic mass is 16.8. The highest BCUT2D eigenvalue weighted by Crippen LogP contribution is 2.42. The summed E-state index contributed by atoms with van der Waals surface area (Å²) in [7, 11) is 0. The fraction of sp³-hybridized carbons (Fsp3) is 0.857. The van der Waals surface area contributed by atoms with Crippen LogP contribution >= 0.6 is 0 Å². The number of carbonyl (C=O) groups is 10. The highest BCUT2D eigenvalue weighted by Gasteiger charge is 2.64. The number of ether oxygens (including phenoxy) is 19. The molecule has 0 spiro atoms. The van der Waals surface area contributed by atoms with Crippen LogP contribution in [0.1, 0.15) is 34.6 Å². The lowest BCUT2D eigenvalue weighted by atomic mass is 9.93. The minimum absolute atomic E-state index is 0.795. The first-order valence-electron chi connectivity index (χ1n) is 40.1. The van der Waals surface area contributed by atoms with E-state index in [-0.39, 0.29) is 0 Å². The smallest absolute Gasteiger partial charge is 0.335 e. The Morgan fingerprint density at radius 2 is 0.382 bits per heavy atom. The van der Waals surface area contributed by atoms with Crippen LogP contribution in [0.5, 0.6) is 0 Å². The molecule has 50 atom stereocenters. The average molecular weight is 1910 g/mol. The number of aliphatic hydroxyl groups is 22. The maximum Gasteiger partial charge on any atom is 0.335 e. The number of aliphatic hydroxyl groups excluding tert-OH is 22. The van der Waals surface area contributed by atoms with Gasteiger partial charge in [-0.2, -0.15) is 0 Å². The van der Waals surface area contributed by atoms with Crippen molar-refractivity contribution in [3.05, 3.63) is 0 Å². The van der Waals surface area contributed by atoms with E-state index in [2.05, 4.69) is 26.6 Å². The molecule has 61 nitrogen and oxygen atoms in total. The maximum atomic E-state index is 13.4. The van der Waals surface area contributed by atoms with Gasteiger partial charge in [0.15, 0.2) is 93.4 Å². The monoisotopic (exact) mass is 1910 g/mol. The molecule has 0 bridgehead atoms. The van der Waals surface area contributed by atoms with Gasteiger partial charge in [0, 0.05) is 34.6 Å². The summed E-state index contributed by atoms with van der Waals surface area (Å²) in [5.74, 6) is -15.6. The van der Waals surface area contributed by atoms with Gasteiger partial charge in [0.2, 0.25) is 29.5 Å². The molecule has 5 amide bonds. The van der Waals surface area contributed by atoms with E-state index < -0.39 is 399 Å². The van der Waals surface area contributed by atoms with E-state index in [0.29, 0.717) is 0 Å². The molecule has 0 aliphatic carbocycles. The number of carboxylic acids is 5. The summed E-state index contributed by atoms with van der Waals surface area (Å²) in [5.41, 5.74) is 0. The summed E-state index contributed by atoms with van der Waals surface area (Å²) >= 11 is 0. The first-order chi connectivity index (χ1) is 61.5. The van der Waals surface area contributed by atoms with E-state index in [1.807, 2.05) is 0 Å². The van der Waals surface area contributed by atoms with Crippen LogP contribution in [0.3, 0.4) is 0 Å². The minimum atomic E-state index is -2.74. The standard InChI is InChI=1S/C70H107N5O56/c1-11(81)71-21-31(91)26(86)16(6-76)113-62(21)123-47-33(93)38(98)67(128-52(47)57(104)105)120-43-23(73-13(3)83)64(115-18(8-78)28(43)88)125-49-35(95)40(100)69(130-54(49)59(108)109)122-45-25(75-15(5)85)66(117-20(10-80)30(45)90)127-50-36(96)41(101)70(131-55(50)60(110)111)121-44-24(74-14(4)84)65(116-19(9-79)29(44)89)126-48-34(94)39(99)68(129-53(48)58(106)107)119-42-22(72-12(2)82)63(114-17(7-77)27(42)87)124-46-32(92)37(97)61(112)118-51(46)56(102)103/h16-55,61-70,76-80,86-101,112H,6-10H2,1-5H3,(H,71,81)(H,72,82)(H,73,83)(H,74,84)(H,75,85)(H,102,103)(H,104,105)(H,106,107)(H,108,109)(H,110,111)/t16-,17-,18-,19-,20-,21-,22-,23-,24-,25-,26-,27-,28-,29-,30-,31-,32-,33-,34-,35+,36-,37-,38-,39-,40-,41-,42-,43-,44-,45-,46+,47+,48+,49+,50+,51+,52+,53+,54+,55+,61?,62+,63+,64+,65+,66+,67-,68-,69-,70-/m1/s1. The van der Waals surface area contributed by atoms with E-state index >= 15 is 0 Å². The number of carboxylic acid groups (broad SMARTS) is 5. The highest BCUT2D eigenvalue weighted by molar-refractivity contribution is 5.77. The number of rotatable bonds is 33. The van der Waals surface area contributed by atoms with Gasteiger partial charge in [0.05, 0.1) is 33.0 Å². The van der Waals surface area contributed by atoms with Gasteiger partial charge >= 0.3 is 29.8 Å². The van der Waals surface area contributed by atoms with Crippen molar-refractivity contribution in [3.63, 3.8) is 0 Å². The minimum Gasteiger partial charge on any atom is -0.479 e. The topological polar surface area (TPSA) is 952 Å². The molecule has 10 fully saturated rings. The second-order valence-electron chi connectivity index (χ2n) is 31.9. The molecule has 0 saturated carbocycles. The zero-order valence-electron chi connectivity index (χ0n) is 68.8. The molecular formula is C70H107N5O56. The molecule has 748 valence electrons. The second-order valence-corrected chi connectivity index (χ2v) is 31.9. The largest absolute Gasteiger partial charge is 0.479 e. The lowest BCUT2D eigenvalue weighted by Crippen LogP contribution is -2.72. The molecule has 32 N–H and O–H groups in total. The average Bonchev–Trinajstić information content (AvgIpc) is 0.752. The van der Waals surface area contributed by atoms with Crippen molar-refractivity contribution in [1.29, 1.82) is 0 Å². The molecule has 10 aliphatic rings. The SMILES string of the molecule is CC(=O)N[C@H]1[C@H](O[C@H]2[C@H](O)[C@@H](O)[C@H](O[C@H]3[C@H](O)[C@@H](CO)O[C@@H](O[C@H]4[C@@H](O)[C@@H](O)[C@H](O[C@H]5[C@H](O)[C@@H](CO)O[C@@H](O[C@H]6[C@H](O)[C@@H](O)[C@H](O[C@H]7[C@H](O)[C@@H](CO)O[C@@H](O[C@H]8[C@H](O)[C@@H](O)[C@H](O[C@H]9[C@H](O)[C@@H](CO)O[C@@H](O[C@H]%10[C@H](O)[C@@H](O)C(O)O[C@@H]%10C(=O)O)[C@@H]9NC(C)=O)O[C@@H]8C(=O)O)[C@@H]7NC(C)=O)O[C@@H]6C(=O)O)[C@@H]5NC(C)=O)O[C@@H]4C(=O)O)[C@@H]3NC(C)=O)O[C@@H]2C(=O)O)O[C@H](CO)[C@@H](O)[C@@H]1O. The number of hydrogen-bond donors (Lipinski definition) is 32. The summed E-state index contributed by atoms with van der Waals surface area (Å²) in [6.45, 7) is -1.83. The molecule has 0 radical (unpaired) electrons. The molecule has 10 rings (SSSR count). The van der Waals surface area contributed by atoms with Crippen molar-refractivity contribution in [1.82, 2.24) is 26.6 Å². The van der Waals surface area contributed by atoms with E-state index in [1.54, 1.807) is 0 Å². The summed E-state index contributed by atoms with van der Waals surface area (Å²) in [6.07, 6.45) is -107. The van der Waals surface area contributed by atoms with Crippen molar-refractivity contribution < 1.29 is 276 Å². The molecule has 131 heavy (non-hydrogen) atoms. The molecule has 0 aromatic carbocycles. The molecule has 0 aromatic rings. The first kappa shape index (κ1) is 106. The zero-order chi connectivity index (χ0) is 97.1. The Hall–Kier alpha value is -6.94. The van der Waals surface area contributed by atoms with Gasteiger partial charge in [0.25, 0.3) is 0 Å². The van der Waals surface area contributed by atoms with Crippen molar-refractivity contribution in [2.45, 2.75) is 341 Å². The molecule has 1 unspecified atom stereocenters. The van der Waals surface area contributed by atoms with Crippen LogP contribution < -0.4 is 26.6 Å². The van der Waals surface area contributed by atoms with Crippen LogP contribution in [0.15, 0.2) is 0 Å². The molecule has 10 heterocycles. The number of aliphatic carboxylic acids is 5. The number of nitrogens with one attached hydrogen (secondary N) is 5. The van der Waals surface area contributed by atoms with Gasteiger partial charge in [-0.25, -0.2) is 24.0 Å². The van der Waals surface area contributed by atoms with E-state index in [4.69, 9.17) is 90.0 Å². The van der Waals surface area contributed by atoms with Gasteiger partial charge in [-0.3, -0.25) is 24.0 Å². The zero-order valence-corrected chi connectivity index (χ0v) is 68.8. The fourth-order valence-corrected chi connectivity index (χ4v) is 16.3. The van der Waals surface area contributed by atoms with E-state index in [9.17, 15) is 186 Å². The molecule has 0 aromatic heterocycles.